The highest BCUT2D eigenvalue weighted by Gasteiger charge is 2.18. The third kappa shape index (κ3) is 3.98. The molecule has 9 nitrogen and oxygen atoms in total. The van der Waals surface area contributed by atoms with Gasteiger partial charge in [0, 0.05) is 29.4 Å². The van der Waals surface area contributed by atoms with Crippen LogP contribution in [0, 0.1) is 0 Å². The average molecular weight is 399 g/mol. The van der Waals surface area contributed by atoms with Crippen LogP contribution in [0.4, 0.5) is 17.3 Å². The number of carbonyl (C=O) groups is 2. The summed E-state index contributed by atoms with van der Waals surface area (Å²) in [4.78, 5) is 28.7. The molecule has 0 aliphatic rings. The van der Waals surface area contributed by atoms with Gasteiger partial charge in [0.05, 0.1) is 24.6 Å². The second-order valence-electron chi connectivity index (χ2n) is 6.12. The largest absolute Gasteiger partial charge is 0.492 e. The molecular weight excluding hydrogens is 372 g/mol. The lowest BCUT2D eigenvalue weighted by Gasteiger charge is -2.16. The molecule has 0 bridgehead atoms. The molecule has 0 fully saturated rings. The van der Waals surface area contributed by atoms with Gasteiger partial charge in [-0.25, -0.2) is 4.98 Å². The number of aryl methyl sites for hydroxylation is 1. The molecule has 0 aliphatic heterocycles. The van der Waals surface area contributed by atoms with Gasteiger partial charge in [0.15, 0.2) is 5.75 Å². The molecule has 0 aliphatic carbocycles. The first-order chi connectivity index (χ1) is 15.2. The number of nitrogens with zero attached hydrogens (tertiary/aromatic N) is 3. The maximum Gasteiger partial charge on any atom is 0.254 e. The molecule has 9 heteroatoms. The minimum Gasteiger partial charge on any atom is -0.492 e. The minimum absolute atomic E-state index is 0.0122. The Morgan fingerprint density at radius 3 is 2.76 bits per heavy atom. The number of ether oxygens (including phenoxy) is 1. The number of benzene rings is 1. The molecule has 2 amide bonds. The van der Waals surface area contributed by atoms with Crippen LogP contribution in [0.5, 0.6) is 5.75 Å². The number of pyridine rings is 1. The van der Waals surface area contributed by atoms with Crippen LogP contribution in [-0.4, -0.2) is 40.7 Å². The van der Waals surface area contributed by atoms with E-state index in [1.807, 2.05) is 18.3 Å². The topological polar surface area (TPSA) is 110 Å². The van der Waals surface area contributed by atoms with E-state index in [9.17, 15) is 9.59 Å². The van der Waals surface area contributed by atoms with E-state index in [0.717, 1.165) is 10.9 Å². The van der Waals surface area contributed by atoms with Crippen molar-refractivity contribution in [1.29, 1.82) is 0 Å². The molecule has 1 aromatic carbocycles. The summed E-state index contributed by atoms with van der Waals surface area (Å²) in [6.45, 7) is 1.59. The lowest BCUT2D eigenvalue weighted by atomic mass is 10.2. The van der Waals surface area contributed by atoms with Crippen molar-refractivity contribution in [3.8, 4) is 5.75 Å². The van der Waals surface area contributed by atoms with Crippen LogP contribution in [0.15, 0.2) is 30.5 Å². The molecule has 2 heterocycles. The number of hydrogen-bond acceptors (Lipinski definition) is 6. The zero-order valence-corrected chi connectivity index (χ0v) is 16.4. The Bertz CT molecular complexity index is 1160. The van der Waals surface area contributed by atoms with Crippen molar-refractivity contribution in [3.05, 3.63) is 36.0 Å². The molecule has 3 rings (SSSR count). The number of aromatic nitrogens is 3. The van der Waals surface area contributed by atoms with Gasteiger partial charge in [0.1, 0.15) is 17.2 Å². The van der Waals surface area contributed by atoms with Gasteiger partial charge in [0.2, 0.25) is 5.91 Å². The molecule has 0 spiro atoms. The smallest absolute Gasteiger partial charge is 0.254 e. The Morgan fingerprint density at radius 1 is 1.24 bits per heavy atom. The second kappa shape index (κ2) is 8.59. The highest BCUT2D eigenvalue weighted by molar-refractivity contribution is 6.01. The van der Waals surface area contributed by atoms with Crippen LogP contribution in [0.1, 0.15) is 34.7 Å². The van der Waals surface area contributed by atoms with Gasteiger partial charge in [-0.2, -0.15) is 5.10 Å². The standard InChI is InChI=1S/C20H24N6O3/c1-5-16(27)24-15-10-8-13(20(28)21-3)19(25-15)23-14-9-7-12-11-22-26(6-2)17(12)18(14)29-4/h7-11H,5-6H2,1-4H3,(H,21,28)(H2,23,24,25,27)/i3D3. The fraction of sp³-hybridized carbons (Fsp3) is 0.300. The van der Waals surface area contributed by atoms with E-state index in [4.69, 9.17) is 8.85 Å². The molecule has 2 aromatic heterocycles. The zero-order valence-electron chi connectivity index (χ0n) is 19.4. The third-order valence-electron chi connectivity index (χ3n) is 4.36. The van der Waals surface area contributed by atoms with Crippen molar-refractivity contribution < 1.29 is 18.4 Å². The van der Waals surface area contributed by atoms with E-state index in [0.29, 0.717) is 18.0 Å². The van der Waals surface area contributed by atoms with E-state index < -0.39 is 12.9 Å². The summed E-state index contributed by atoms with van der Waals surface area (Å²) in [5, 5.41) is 12.8. The summed E-state index contributed by atoms with van der Waals surface area (Å²) in [5.74, 6) is -0.348. The van der Waals surface area contributed by atoms with Crippen molar-refractivity contribution in [2.24, 2.45) is 0 Å². The number of carbonyl (C=O) groups excluding carboxylic acids is 2. The monoisotopic (exact) mass is 399 g/mol. The van der Waals surface area contributed by atoms with Gasteiger partial charge in [0.25, 0.3) is 5.91 Å². The molecule has 152 valence electrons. The van der Waals surface area contributed by atoms with Crippen LogP contribution in [0.3, 0.4) is 0 Å². The summed E-state index contributed by atoms with van der Waals surface area (Å²) in [6, 6.07) is 6.40. The Kier molecular flexibility index (Phi) is 4.84. The maximum absolute atomic E-state index is 12.6. The number of amides is 2. The number of hydrogen-bond donors (Lipinski definition) is 3. The molecular formula is C20H24N6O3. The van der Waals surface area contributed by atoms with Crippen LogP contribution >= 0.6 is 0 Å². The zero-order chi connectivity index (χ0) is 23.5. The van der Waals surface area contributed by atoms with Crippen LogP contribution in [0.2, 0.25) is 0 Å². The lowest BCUT2D eigenvalue weighted by Crippen LogP contribution is -2.20. The number of nitrogens with one attached hydrogen (secondary N) is 3. The molecule has 3 aromatic rings. The fourth-order valence-electron chi connectivity index (χ4n) is 2.92. The van der Waals surface area contributed by atoms with Crippen LogP contribution in [-0.2, 0) is 11.3 Å². The first-order valence-corrected chi connectivity index (χ1v) is 9.09. The van der Waals surface area contributed by atoms with E-state index in [2.05, 4.69) is 20.7 Å². The first kappa shape index (κ1) is 16.3. The Hall–Kier alpha value is -3.62. The molecule has 0 unspecified atom stereocenters. The van der Waals surface area contributed by atoms with Crippen molar-refractivity contribution in [2.45, 2.75) is 26.8 Å². The molecule has 0 atom stereocenters. The predicted octanol–water partition coefficient (Wildman–Crippen LogP) is 2.91. The summed E-state index contributed by atoms with van der Waals surface area (Å²) in [7, 11) is 1.51. The van der Waals surface area contributed by atoms with Gasteiger partial charge in [-0.3, -0.25) is 14.3 Å². The van der Waals surface area contributed by atoms with Crippen molar-refractivity contribution in [1.82, 2.24) is 20.1 Å². The molecule has 0 radical (unpaired) electrons. The Morgan fingerprint density at radius 2 is 2.07 bits per heavy atom. The number of anilines is 3. The molecule has 3 N–H and O–H groups in total. The normalized spacial score (nSPS) is 12.6. The Balaban J connectivity index is 2.09. The van der Waals surface area contributed by atoms with Gasteiger partial charge in [-0.1, -0.05) is 6.92 Å². The van der Waals surface area contributed by atoms with Crippen molar-refractivity contribution in [2.75, 3.05) is 24.7 Å². The van der Waals surface area contributed by atoms with E-state index in [1.165, 1.54) is 19.2 Å². The van der Waals surface area contributed by atoms with Gasteiger partial charge in [-0.15, -0.1) is 0 Å². The highest BCUT2D eigenvalue weighted by atomic mass is 16.5. The SMILES string of the molecule is [2H]C([2H])([2H])NC(=O)c1ccc(NC(=O)CC)nc1Nc1ccc2cnn(CC)c2c1OC. The second-order valence-corrected chi connectivity index (χ2v) is 6.12. The summed E-state index contributed by atoms with van der Waals surface area (Å²) >= 11 is 0. The fourth-order valence-corrected chi connectivity index (χ4v) is 2.92. The van der Waals surface area contributed by atoms with Gasteiger partial charge in [-0.05, 0) is 31.2 Å². The highest BCUT2D eigenvalue weighted by Crippen LogP contribution is 2.36. The lowest BCUT2D eigenvalue weighted by molar-refractivity contribution is -0.115. The minimum atomic E-state index is -2.67. The maximum atomic E-state index is 12.6. The first-order valence-electron chi connectivity index (χ1n) is 10.6. The molecule has 0 saturated carbocycles. The van der Waals surface area contributed by atoms with Crippen molar-refractivity contribution in [3.63, 3.8) is 0 Å². The molecule has 29 heavy (non-hydrogen) atoms. The number of methoxy groups -OCH3 is 1. The van der Waals surface area contributed by atoms with E-state index >= 15 is 0 Å². The molecule has 0 saturated heterocycles. The van der Waals surface area contributed by atoms with Crippen molar-refractivity contribution >= 4 is 40.0 Å². The third-order valence-corrected chi connectivity index (χ3v) is 4.36. The summed E-state index contributed by atoms with van der Waals surface area (Å²) < 4.78 is 29.3. The Labute approximate surface area is 172 Å². The average Bonchev–Trinajstić information content (AvgIpc) is 3.15. The van der Waals surface area contributed by atoms with Crippen LogP contribution in [0.25, 0.3) is 10.9 Å². The van der Waals surface area contributed by atoms with Crippen LogP contribution < -0.4 is 20.7 Å². The van der Waals surface area contributed by atoms with Gasteiger partial charge < -0.3 is 20.7 Å². The van der Waals surface area contributed by atoms with E-state index in [-0.39, 0.29) is 29.5 Å². The predicted molar refractivity (Wildman–Crippen MR) is 112 cm³/mol. The number of fused-ring (bicyclic) bond motifs is 1. The van der Waals surface area contributed by atoms with E-state index in [1.54, 1.807) is 23.9 Å². The summed E-state index contributed by atoms with van der Waals surface area (Å²) in [6.07, 6.45) is 1.97. The summed E-state index contributed by atoms with van der Waals surface area (Å²) in [5.41, 5.74) is 1.23. The quantitative estimate of drug-likeness (QED) is 0.563. The number of rotatable bonds is 7. The van der Waals surface area contributed by atoms with Gasteiger partial charge >= 0.3 is 0 Å².